The summed E-state index contributed by atoms with van der Waals surface area (Å²) in [5.74, 6) is -2.13. The predicted octanol–water partition coefficient (Wildman–Crippen LogP) is -0.0548. The number of carbonyl (C=O) groups excluding carboxylic acids is 4. The van der Waals surface area contributed by atoms with E-state index in [9.17, 15) is 24.3 Å². The van der Waals surface area contributed by atoms with Gasteiger partial charge >= 0.3 is 0 Å². The lowest BCUT2D eigenvalue weighted by molar-refractivity contribution is -0.255. The van der Waals surface area contributed by atoms with E-state index in [0.717, 1.165) is 16.7 Å². The molecule has 1 aromatic carbocycles. The van der Waals surface area contributed by atoms with Crippen LogP contribution in [-0.4, -0.2) is 65.7 Å². The summed E-state index contributed by atoms with van der Waals surface area (Å²) in [7, 11) is 0. The van der Waals surface area contributed by atoms with Crippen molar-refractivity contribution in [2.45, 2.75) is 0 Å². The van der Waals surface area contributed by atoms with Crippen LogP contribution >= 0.6 is 11.8 Å². The third-order valence-corrected chi connectivity index (χ3v) is 4.88. The van der Waals surface area contributed by atoms with Gasteiger partial charge in [-0.3, -0.25) is 19.3 Å². The first-order chi connectivity index (χ1) is 12.5. The fraction of sp³-hybridized carbons (Fsp3) is 0.294. The van der Waals surface area contributed by atoms with Gasteiger partial charge in [0.25, 0.3) is 11.1 Å². The molecule has 3 rings (SSSR count). The van der Waals surface area contributed by atoms with Crippen LogP contribution in [0.25, 0.3) is 6.08 Å². The van der Waals surface area contributed by atoms with E-state index < -0.39 is 17.1 Å². The molecule has 0 spiro atoms. The topological polar surface area (TPSA) is 107 Å². The van der Waals surface area contributed by atoms with Crippen LogP contribution in [0.15, 0.2) is 29.2 Å². The minimum absolute atomic E-state index is 0.0198. The maximum Gasteiger partial charge on any atom is 0.294 e. The molecule has 2 fully saturated rings. The third-order valence-electron chi connectivity index (χ3n) is 3.97. The number of hydrogen-bond acceptors (Lipinski definition) is 7. The summed E-state index contributed by atoms with van der Waals surface area (Å²) in [6, 6.07) is 5.73. The lowest BCUT2D eigenvalue weighted by Crippen LogP contribution is -2.46. The number of hydrogen-bond donors (Lipinski definition) is 0. The summed E-state index contributed by atoms with van der Waals surface area (Å²) >= 11 is 0.750. The molecular weight excluding hydrogens is 360 g/mol. The monoisotopic (exact) mass is 375 g/mol. The van der Waals surface area contributed by atoms with Crippen molar-refractivity contribution in [3.05, 3.63) is 40.3 Å². The van der Waals surface area contributed by atoms with Crippen LogP contribution in [0.5, 0.6) is 0 Å². The normalized spacial score (nSPS) is 19.3. The minimum Gasteiger partial charge on any atom is -0.545 e. The second-order valence-corrected chi connectivity index (χ2v) is 6.66. The first-order valence-electron chi connectivity index (χ1n) is 7.88. The molecule has 0 aliphatic carbocycles. The van der Waals surface area contributed by atoms with E-state index in [1.165, 1.54) is 30.3 Å². The Balaban J connectivity index is 1.69. The zero-order valence-corrected chi connectivity index (χ0v) is 14.5. The van der Waals surface area contributed by atoms with Gasteiger partial charge < -0.3 is 19.5 Å². The number of rotatable bonds is 4. The zero-order chi connectivity index (χ0) is 18.7. The van der Waals surface area contributed by atoms with Gasteiger partial charge in [-0.1, -0.05) is 24.3 Å². The molecule has 2 heterocycles. The molecule has 8 nitrogen and oxygen atoms in total. The molecule has 0 saturated carbocycles. The van der Waals surface area contributed by atoms with Gasteiger partial charge in [-0.2, -0.15) is 0 Å². The molecule has 0 unspecified atom stereocenters. The van der Waals surface area contributed by atoms with Gasteiger partial charge in [-0.15, -0.1) is 0 Å². The molecule has 1 aromatic rings. The molecule has 0 atom stereocenters. The maximum atomic E-state index is 12.4. The van der Waals surface area contributed by atoms with Gasteiger partial charge in [-0.05, 0) is 29.0 Å². The Morgan fingerprint density at radius 2 is 1.81 bits per heavy atom. The minimum atomic E-state index is -1.29. The summed E-state index contributed by atoms with van der Waals surface area (Å²) in [4.78, 5) is 50.2. The van der Waals surface area contributed by atoms with Crippen LogP contribution in [0.4, 0.5) is 4.79 Å². The standard InChI is InChI=1S/C17H16N2O6S/c20-14(18-5-7-25-8-6-18)10-19-15(21)13(26-17(19)24)9-11-1-3-12(4-2-11)16(22)23/h1-4,9H,5-8,10H2,(H,22,23)/p-1/b13-9-. The van der Waals surface area contributed by atoms with E-state index in [4.69, 9.17) is 4.74 Å². The number of thioether (sulfide) groups is 1. The highest BCUT2D eigenvalue weighted by Crippen LogP contribution is 2.32. The van der Waals surface area contributed by atoms with Crippen molar-refractivity contribution >= 4 is 40.9 Å². The Kier molecular flexibility index (Phi) is 5.38. The fourth-order valence-corrected chi connectivity index (χ4v) is 3.39. The van der Waals surface area contributed by atoms with E-state index in [1.54, 1.807) is 4.90 Å². The molecule has 9 heteroatoms. The van der Waals surface area contributed by atoms with E-state index >= 15 is 0 Å². The number of carboxylic acid groups (broad SMARTS) is 1. The van der Waals surface area contributed by atoms with Gasteiger partial charge in [0.05, 0.1) is 24.1 Å². The van der Waals surface area contributed by atoms with Gasteiger partial charge in [0, 0.05) is 13.1 Å². The van der Waals surface area contributed by atoms with Crippen molar-refractivity contribution in [2.75, 3.05) is 32.8 Å². The lowest BCUT2D eigenvalue weighted by Gasteiger charge is -2.28. The van der Waals surface area contributed by atoms with E-state index in [2.05, 4.69) is 0 Å². The van der Waals surface area contributed by atoms with Gasteiger partial charge in [0.2, 0.25) is 5.91 Å². The highest BCUT2D eigenvalue weighted by atomic mass is 32.2. The Hall–Kier alpha value is -2.65. The number of carboxylic acids is 1. The maximum absolute atomic E-state index is 12.4. The number of aromatic carboxylic acids is 1. The van der Waals surface area contributed by atoms with E-state index in [-0.39, 0.29) is 22.9 Å². The quantitative estimate of drug-likeness (QED) is 0.679. The highest BCUT2D eigenvalue weighted by Gasteiger charge is 2.37. The molecule has 136 valence electrons. The Bertz CT molecular complexity index is 783. The summed E-state index contributed by atoms with van der Waals surface area (Å²) in [6.45, 7) is 1.46. The van der Waals surface area contributed by atoms with Crippen LogP contribution in [-0.2, 0) is 14.3 Å². The largest absolute Gasteiger partial charge is 0.545 e. The first kappa shape index (κ1) is 18.2. The molecule has 26 heavy (non-hydrogen) atoms. The Morgan fingerprint density at radius 3 is 2.42 bits per heavy atom. The second kappa shape index (κ2) is 7.71. The number of benzene rings is 1. The molecule has 0 radical (unpaired) electrons. The smallest absolute Gasteiger partial charge is 0.294 e. The predicted molar refractivity (Wildman–Crippen MR) is 90.8 cm³/mol. The molecule has 2 saturated heterocycles. The van der Waals surface area contributed by atoms with Gasteiger partial charge in [0.15, 0.2) is 0 Å². The highest BCUT2D eigenvalue weighted by molar-refractivity contribution is 8.18. The van der Waals surface area contributed by atoms with Crippen LogP contribution in [0.3, 0.4) is 0 Å². The average molecular weight is 375 g/mol. The number of amides is 3. The molecule has 2 aliphatic heterocycles. The number of morpholine rings is 1. The summed E-state index contributed by atoms with van der Waals surface area (Å²) in [5, 5.41) is 10.2. The summed E-state index contributed by atoms with van der Waals surface area (Å²) in [6.07, 6.45) is 1.49. The van der Waals surface area contributed by atoms with Crippen LogP contribution in [0.2, 0.25) is 0 Å². The van der Waals surface area contributed by atoms with Crippen molar-refractivity contribution < 1.29 is 29.0 Å². The van der Waals surface area contributed by atoms with Crippen molar-refractivity contribution in [2.24, 2.45) is 0 Å². The molecule has 3 amide bonds. The Morgan fingerprint density at radius 1 is 1.15 bits per heavy atom. The van der Waals surface area contributed by atoms with Crippen LogP contribution in [0, 0.1) is 0 Å². The number of carbonyl (C=O) groups is 4. The first-order valence-corrected chi connectivity index (χ1v) is 8.69. The second-order valence-electron chi connectivity index (χ2n) is 5.67. The molecule has 0 aromatic heterocycles. The number of imide groups is 1. The van der Waals surface area contributed by atoms with Gasteiger partial charge in [-0.25, -0.2) is 0 Å². The van der Waals surface area contributed by atoms with Crippen molar-refractivity contribution in [1.82, 2.24) is 9.80 Å². The Labute approximate surface area is 153 Å². The van der Waals surface area contributed by atoms with Crippen LogP contribution in [0.1, 0.15) is 15.9 Å². The average Bonchev–Trinajstić information content (AvgIpc) is 2.90. The SMILES string of the molecule is O=C([O-])c1ccc(/C=C2\SC(=O)N(CC(=O)N3CCOCC3)C2=O)cc1. The van der Waals surface area contributed by atoms with Gasteiger partial charge in [0.1, 0.15) is 6.54 Å². The number of ether oxygens (including phenoxy) is 1. The summed E-state index contributed by atoms with van der Waals surface area (Å²) in [5.41, 5.74) is 0.589. The van der Waals surface area contributed by atoms with Crippen LogP contribution < -0.4 is 5.11 Å². The summed E-state index contributed by atoms with van der Waals surface area (Å²) < 4.78 is 5.17. The van der Waals surface area contributed by atoms with Crippen molar-refractivity contribution in [3.8, 4) is 0 Å². The third kappa shape index (κ3) is 3.94. The van der Waals surface area contributed by atoms with Crippen molar-refractivity contribution in [1.29, 1.82) is 0 Å². The molecule has 0 bridgehead atoms. The molecular formula is C17H15N2O6S-. The van der Waals surface area contributed by atoms with Crippen molar-refractivity contribution in [3.63, 3.8) is 0 Å². The number of nitrogens with zero attached hydrogens (tertiary/aromatic N) is 2. The fourth-order valence-electron chi connectivity index (χ4n) is 2.55. The molecule has 0 N–H and O–H groups in total. The molecule has 2 aliphatic rings. The lowest BCUT2D eigenvalue weighted by atomic mass is 10.1. The van der Waals surface area contributed by atoms with E-state index in [0.29, 0.717) is 31.9 Å². The zero-order valence-electron chi connectivity index (χ0n) is 13.7. The van der Waals surface area contributed by atoms with E-state index in [1.807, 2.05) is 0 Å².